The van der Waals surface area contributed by atoms with Gasteiger partial charge in [-0.05, 0) is 24.3 Å². The van der Waals surface area contributed by atoms with Gasteiger partial charge in [0.15, 0.2) is 0 Å². The van der Waals surface area contributed by atoms with Crippen molar-refractivity contribution in [3.63, 3.8) is 0 Å². The summed E-state index contributed by atoms with van der Waals surface area (Å²) in [7, 11) is -3.77. The first-order valence-electron chi connectivity index (χ1n) is 6.98. The predicted octanol–water partition coefficient (Wildman–Crippen LogP) is 2.33. The Kier molecular flexibility index (Phi) is 4.42. The third-order valence-electron chi connectivity index (χ3n) is 3.50. The fourth-order valence-electron chi connectivity index (χ4n) is 2.35. The molecule has 2 aromatic carbocycles. The Morgan fingerprint density at radius 1 is 1.08 bits per heavy atom. The van der Waals surface area contributed by atoms with Crippen LogP contribution in [0.3, 0.4) is 0 Å². The molecule has 1 aromatic heterocycles. The Labute approximate surface area is 144 Å². The lowest BCUT2D eigenvalue weighted by molar-refractivity contribution is 0.276. The number of hydrogen-bond acceptors (Lipinski definition) is 4. The third kappa shape index (κ3) is 3.07. The molecule has 3 rings (SSSR count). The minimum absolute atomic E-state index is 0.00754. The summed E-state index contributed by atoms with van der Waals surface area (Å²) in [6.45, 7) is -0.305. The Morgan fingerprint density at radius 3 is 2.25 bits per heavy atom. The third-order valence-corrected chi connectivity index (χ3v) is 4.83. The number of halogens is 1. The van der Waals surface area contributed by atoms with Crippen molar-refractivity contribution in [3.05, 3.63) is 65.3 Å². The molecular weight excluding hydrogens is 350 g/mol. The molecule has 24 heavy (non-hydrogen) atoms. The first-order chi connectivity index (χ1) is 11.4. The van der Waals surface area contributed by atoms with Crippen molar-refractivity contribution in [2.24, 2.45) is 5.14 Å². The summed E-state index contributed by atoms with van der Waals surface area (Å²) in [5.74, 6) is 0. The van der Waals surface area contributed by atoms with Crippen LogP contribution in [0.5, 0.6) is 0 Å². The van der Waals surface area contributed by atoms with Gasteiger partial charge in [0, 0.05) is 5.56 Å². The molecule has 8 heteroatoms. The van der Waals surface area contributed by atoms with E-state index in [1.165, 1.54) is 12.1 Å². The highest BCUT2D eigenvalue weighted by molar-refractivity contribution is 7.89. The lowest BCUT2D eigenvalue weighted by atomic mass is 10.1. The molecule has 6 nitrogen and oxygen atoms in total. The summed E-state index contributed by atoms with van der Waals surface area (Å²) in [6, 6.07) is 15.3. The van der Waals surface area contributed by atoms with Crippen molar-refractivity contribution < 1.29 is 13.5 Å². The molecule has 0 spiro atoms. The summed E-state index contributed by atoms with van der Waals surface area (Å²) in [6.07, 6.45) is 0. The second kappa shape index (κ2) is 6.37. The van der Waals surface area contributed by atoms with Crippen LogP contribution < -0.4 is 5.14 Å². The zero-order valence-electron chi connectivity index (χ0n) is 12.4. The number of primary sulfonamides is 1. The lowest BCUT2D eigenvalue weighted by Gasteiger charge is -2.09. The topological polar surface area (TPSA) is 98.2 Å². The van der Waals surface area contributed by atoms with Crippen LogP contribution in [0.1, 0.15) is 5.69 Å². The zero-order valence-corrected chi connectivity index (χ0v) is 14.0. The zero-order chi connectivity index (χ0) is 17.3. The van der Waals surface area contributed by atoms with Crippen molar-refractivity contribution in [1.29, 1.82) is 0 Å². The van der Waals surface area contributed by atoms with Gasteiger partial charge in [-0.2, -0.15) is 5.10 Å². The van der Waals surface area contributed by atoms with E-state index in [-0.39, 0.29) is 11.5 Å². The average Bonchev–Trinajstić information content (AvgIpc) is 2.91. The first kappa shape index (κ1) is 16.7. The molecule has 0 aliphatic rings. The Hall–Kier alpha value is -2.19. The summed E-state index contributed by atoms with van der Waals surface area (Å²) >= 11 is 6.36. The van der Waals surface area contributed by atoms with E-state index in [4.69, 9.17) is 16.7 Å². The van der Waals surface area contributed by atoms with Crippen LogP contribution in [0, 0.1) is 0 Å². The van der Waals surface area contributed by atoms with Crippen LogP contribution in [0.4, 0.5) is 0 Å². The first-order valence-corrected chi connectivity index (χ1v) is 8.91. The Bertz CT molecular complexity index is 968. The average molecular weight is 364 g/mol. The smallest absolute Gasteiger partial charge is 0.238 e. The monoisotopic (exact) mass is 363 g/mol. The van der Waals surface area contributed by atoms with E-state index in [0.717, 1.165) is 5.56 Å². The van der Waals surface area contributed by atoms with Gasteiger partial charge in [0.2, 0.25) is 10.0 Å². The van der Waals surface area contributed by atoms with Crippen molar-refractivity contribution in [2.75, 3.05) is 0 Å². The van der Waals surface area contributed by atoms with Crippen LogP contribution in [0.15, 0.2) is 59.5 Å². The number of benzene rings is 2. The molecule has 0 amide bonds. The van der Waals surface area contributed by atoms with Gasteiger partial charge in [-0.1, -0.05) is 41.9 Å². The molecule has 0 unspecified atom stereocenters. The molecule has 0 saturated heterocycles. The van der Waals surface area contributed by atoms with Gasteiger partial charge < -0.3 is 5.11 Å². The van der Waals surface area contributed by atoms with Crippen molar-refractivity contribution in [2.45, 2.75) is 11.5 Å². The van der Waals surface area contributed by atoms with Crippen molar-refractivity contribution in [1.82, 2.24) is 9.78 Å². The highest BCUT2D eigenvalue weighted by atomic mass is 35.5. The molecule has 0 fully saturated rings. The molecule has 124 valence electrons. The van der Waals surface area contributed by atoms with Crippen LogP contribution in [0.2, 0.25) is 5.02 Å². The van der Waals surface area contributed by atoms with Crippen LogP contribution in [0.25, 0.3) is 16.9 Å². The van der Waals surface area contributed by atoms with E-state index >= 15 is 0 Å². The number of nitrogens with two attached hydrogens (primary N) is 1. The van der Waals surface area contributed by atoms with E-state index in [0.29, 0.717) is 22.1 Å². The normalized spacial score (nSPS) is 11.6. The number of aromatic nitrogens is 2. The summed E-state index contributed by atoms with van der Waals surface area (Å²) < 4.78 is 24.3. The molecular formula is C16H14ClN3O3S. The maximum atomic E-state index is 11.4. The standard InChI is InChI=1S/C16H14ClN3O3S/c17-15-14(10-21)19-20(16(15)11-4-2-1-3-5-11)12-6-8-13(9-7-12)24(18,22)23/h1-9,21H,10H2,(H2,18,22,23). The molecule has 0 saturated carbocycles. The molecule has 0 atom stereocenters. The number of hydrogen-bond donors (Lipinski definition) is 2. The fourth-order valence-corrected chi connectivity index (χ4v) is 3.16. The number of aliphatic hydroxyl groups is 1. The lowest BCUT2D eigenvalue weighted by Crippen LogP contribution is -2.12. The van der Waals surface area contributed by atoms with Gasteiger partial charge in [0.05, 0.1) is 27.9 Å². The molecule has 1 heterocycles. The van der Waals surface area contributed by atoms with Crippen molar-refractivity contribution >= 4 is 21.6 Å². The molecule has 3 N–H and O–H groups in total. The highest BCUT2D eigenvalue weighted by Gasteiger charge is 2.18. The predicted molar refractivity (Wildman–Crippen MR) is 91.3 cm³/mol. The minimum atomic E-state index is -3.77. The quantitative estimate of drug-likeness (QED) is 0.743. The number of nitrogens with zero attached hydrogens (tertiary/aromatic N) is 2. The van der Waals surface area contributed by atoms with E-state index in [1.54, 1.807) is 16.8 Å². The largest absolute Gasteiger partial charge is 0.390 e. The maximum Gasteiger partial charge on any atom is 0.238 e. The van der Waals surface area contributed by atoms with E-state index in [2.05, 4.69) is 5.10 Å². The van der Waals surface area contributed by atoms with Gasteiger partial charge in [-0.15, -0.1) is 0 Å². The van der Waals surface area contributed by atoms with Gasteiger partial charge in [-0.3, -0.25) is 0 Å². The summed E-state index contributed by atoms with van der Waals surface area (Å²) in [4.78, 5) is 0.00754. The van der Waals surface area contributed by atoms with Crippen LogP contribution >= 0.6 is 11.6 Å². The molecule has 3 aromatic rings. The Balaban J connectivity index is 2.18. The SMILES string of the molecule is NS(=O)(=O)c1ccc(-n2nc(CO)c(Cl)c2-c2ccccc2)cc1. The number of sulfonamides is 1. The van der Waals surface area contributed by atoms with Crippen LogP contribution in [-0.4, -0.2) is 23.3 Å². The molecule has 0 radical (unpaired) electrons. The van der Waals surface area contributed by atoms with Gasteiger partial charge in [-0.25, -0.2) is 18.2 Å². The molecule has 0 aliphatic carbocycles. The second-order valence-corrected chi connectivity index (χ2v) is 7.02. The van der Waals surface area contributed by atoms with E-state index in [1.807, 2.05) is 30.3 Å². The van der Waals surface area contributed by atoms with Gasteiger partial charge >= 0.3 is 0 Å². The van der Waals surface area contributed by atoms with Gasteiger partial charge in [0.1, 0.15) is 5.69 Å². The van der Waals surface area contributed by atoms with Gasteiger partial charge in [0.25, 0.3) is 0 Å². The minimum Gasteiger partial charge on any atom is -0.390 e. The highest BCUT2D eigenvalue weighted by Crippen LogP contribution is 2.33. The van der Waals surface area contributed by atoms with E-state index < -0.39 is 10.0 Å². The second-order valence-electron chi connectivity index (χ2n) is 5.08. The Morgan fingerprint density at radius 2 is 1.71 bits per heavy atom. The fraction of sp³-hybridized carbons (Fsp3) is 0.0625. The number of rotatable bonds is 4. The molecule has 0 aliphatic heterocycles. The van der Waals surface area contributed by atoms with Crippen LogP contribution in [-0.2, 0) is 16.6 Å². The van der Waals surface area contributed by atoms with Crippen molar-refractivity contribution in [3.8, 4) is 16.9 Å². The summed E-state index contributed by atoms with van der Waals surface area (Å²) in [5, 5.41) is 19.2. The number of aliphatic hydroxyl groups excluding tert-OH is 1. The van der Waals surface area contributed by atoms with E-state index in [9.17, 15) is 13.5 Å². The molecule has 0 bridgehead atoms. The summed E-state index contributed by atoms with van der Waals surface area (Å²) in [5.41, 5.74) is 2.38. The maximum absolute atomic E-state index is 11.4.